The van der Waals surface area contributed by atoms with E-state index in [1.807, 2.05) is 0 Å². The monoisotopic (exact) mass is 644 g/mol. The Hall–Kier alpha value is -3.37. The summed E-state index contributed by atoms with van der Waals surface area (Å²) < 4.78 is 5.08. The summed E-state index contributed by atoms with van der Waals surface area (Å²) in [7, 11) is 0. The van der Waals surface area contributed by atoms with Crippen molar-refractivity contribution < 1.29 is 4.57 Å². The van der Waals surface area contributed by atoms with Crippen molar-refractivity contribution in [3.8, 4) is 22.5 Å². The van der Waals surface area contributed by atoms with Crippen molar-refractivity contribution in [2.24, 2.45) is 0 Å². The number of hydrogen-bond acceptors (Lipinski definition) is 0. The highest BCUT2D eigenvalue weighted by molar-refractivity contribution is 9.27. The van der Waals surface area contributed by atoms with Crippen LogP contribution in [0.4, 0.5) is 0 Å². The van der Waals surface area contributed by atoms with Gasteiger partial charge in [0.05, 0.1) is 0 Å². The molecular formula is C40H46BBrN2. The molecule has 0 saturated heterocycles. The molecule has 0 unspecified atom stereocenters. The summed E-state index contributed by atoms with van der Waals surface area (Å²) in [6.45, 7) is 18.6. The number of hydrogen-bond donors (Lipinski definition) is 0. The third-order valence-electron chi connectivity index (χ3n) is 9.75. The molecule has 0 N–H and O–H groups in total. The summed E-state index contributed by atoms with van der Waals surface area (Å²) in [5, 5.41) is 0. The molecule has 0 fully saturated rings. The first-order chi connectivity index (χ1) is 21.0. The topological polar surface area (TPSA) is 8.81 Å². The van der Waals surface area contributed by atoms with Gasteiger partial charge in [0.2, 0.25) is 5.82 Å². The van der Waals surface area contributed by atoms with Crippen LogP contribution in [0.15, 0.2) is 97.3 Å². The van der Waals surface area contributed by atoms with Gasteiger partial charge in [-0.1, -0.05) is 158 Å². The number of fused-ring (bicyclic) bond motifs is 3. The number of halogens is 1. The molecule has 0 aliphatic carbocycles. The molecule has 0 amide bonds. The standard InChI is InChI=1S/C40H46BBrN2/c1-26(2)30-17-13-18-31(27(3)4)39(30)43-23-24-44(40-32(28(5)6)19-14-20-33(40)29(7)8)38(43)25-41(42)36-21-11-9-15-34(36)35-16-10-12-22-37(35)41/h9-24,26-29H,25H2,1-8H3. The number of aromatic nitrogens is 2. The lowest BCUT2D eigenvalue weighted by molar-refractivity contribution is -0.603. The van der Waals surface area contributed by atoms with Crippen LogP contribution in [0.25, 0.3) is 22.5 Å². The van der Waals surface area contributed by atoms with E-state index < -0.39 is 4.97 Å². The molecule has 0 saturated carbocycles. The van der Waals surface area contributed by atoms with Crippen molar-refractivity contribution in [1.82, 2.24) is 4.57 Å². The van der Waals surface area contributed by atoms with Gasteiger partial charge in [-0.3, -0.25) is 0 Å². The first-order valence-electron chi connectivity index (χ1n) is 16.5. The number of imidazole rings is 1. The summed E-state index contributed by atoms with van der Waals surface area (Å²) >= 11 is 4.50. The summed E-state index contributed by atoms with van der Waals surface area (Å²) in [4.78, 5) is -1.27. The van der Waals surface area contributed by atoms with Crippen LogP contribution in [0.2, 0.25) is 0 Å². The number of para-hydroxylation sites is 2. The Morgan fingerprint density at radius 2 is 1.02 bits per heavy atom. The van der Waals surface area contributed by atoms with Gasteiger partial charge in [-0.05, 0) is 23.7 Å². The predicted molar refractivity (Wildman–Crippen MR) is 193 cm³/mol. The zero-order valence-corrected chi connectivity index (χ0v) is 29.2. The molecule has 5 aromatic rings. The van der Waals surface area contributed by atoms with E-state index >= 15 is 0 Å². The maximum atomic E-state index is 4.50. The molecule has 1 aliphatic heterocycles. The fourth-order valence-electron chi connectivity index (χ4n) is 7.53. The Balaban J connectivity index is 1.70. The van der Waals surface area contributed by atoms with Gasteiger partial charge >= 0.3 is 0 Å². The van der Waals surface area contributed by atoms with Crippen LogP contribution in [-0.2, 0) is 6.32 Å². The van der Waals surface area contributed by atoms with Crippen molar-refractivity contribution >= 4 is 31.7 Å². The zero-order chi connectivity index (χ0) is 31.3. The van der Waals surface area contributed by atoms with Crippen LogP contribution >= 0.6 is 15.8 Å². The van der Waals surface area contributed by atoms with Gasteiger partial charge in [0.15, 0.2) is 0 Å². The second-order valence-corrected chi connectivity index (χ2v) is 15.5. The minimum Gasteiger partial charge on any atom is -0.343 e. The van der Waals surface area contributed by atoms with Gasteiger partial charge in [-0.2, -0.15) is 10.9 Å². The average molecular weight is 646 g/mol. The lowest BCUT2D eigenvalue weighted by atomic mass is 9.40. The lowest BCUT2D eigenvalue weighted by Gasteiger charge is -2.32. The minimum atomic E-state index is -1.27. The molecule has 0 radical (unpaired) electrons. The van der Waals surface area contributed by atoms with Gasteiger partial charge in [0.25, 0.3) is 0 Å². The fraction of sp³-hybridized carbons (Fsp3) is 0.325. The maximum absolute atomic E-state index is 4.50. The highest BCUT2D eigenvalue weighted by atomic mass is 79.9. The van der Waals surface area contributed by atoms with Gasteiger partial charge < -0.3 is 15.8 Å². The molecule has 2 heterocycles. The Bertz CT molecular complexity index is 1650. The molecule has 6 rings (SSSR count). The first kappa shape index (κ1) is 30.7. The van der Waals surface area contributed by atoms with Crippen molar-refractivity contribution in [3.05, 3.63) is 125 Å². The molecule has 0 bridgehead atoms. The Labute approximate surface area is 273 Å². The molecule has 1 aliphatic rings. The molecule has 1 aromatic heterocycles. The molecule has 226 valence electrons. The van der Waals surface area contributed by atoms with E-state index in [1.54, 1.807) is 0 Å². The SMILES string of the molecule is CC(C)c1cccc(C(C)C)c1-n1cc[n+](-c2c(C(C)C)cccc2C(C)C)c1C[B-]1(Br)c2ccccc2-c2ccccc21. The lowest BCUT2D eigenvalue weighted by Crippen LogP contribution is -2.55. The Morgan fingerprint density at radius 1 is 0.591 bits per heavy atom. The fourth-order valence-corrected chi connectivity index (χ4v) is 8.61. The Kier molecular flexibility index (Phi) is 8.26. The second kappa shape index (κ2) is 11.9. The Morgan fingerprint density at radius 3 is 1.48 bits per heavy atom. The van der Waals surface area contributed by atoms with E-state index in [0.29, 0.717) is 23.7 Å². The van der Waals surface area contributed by atoms with E-state index in [0.717, 1.165) is 6.32 Å². The van der Waals surface area contributed by atoms with Crippen LogP contribution in [-0.4, -0.2) is 9.54 Å². The average Bonchev–Trinajstić information content (AvgIpc) is 3.52. The predicted octanol–water partition coefficient (Wildman–Crippen LogP) is 9.46. The quantitative estimate of drug-likeness (QED) is 0.118. The molecule has 44 heavy (non-hydrogen) atoms. The van der Waals surface area contributed by atoms with E-state index in [1.165, 1.54) is 61.5 Å². The van der Waals surface area contributed by atoms with Gasteiger partial charge in [0, 0.05) is 22.3 Å². The third-order valence-corrected chi connectivity index (χ3v) is 11.1. The van der Waals surface area contributed by atoms with Crippen LogP contribution in [0, 0.1) is 0 Å². The third kappa shape index (κ3) is 5.00. The van der Waals surface area contributed by atoms with Crippen LogP contribution in [0.5, 0.6) is 0 Å². The van der Waals surface area contributed by atoms with E-state index in [4.69, 9.17) is 0 Å². The number of benzene rings is 4. The van der Waals surface area contributed by atoms with Gasteiger partial charge in [0.1, 0.15) is 28.7 Å². The van der Waals surface area contributed by atoms with Crippen molar-refractivity contribution in [2.45, 2.75) is 85.4 Å². The van der Waals surface area contributed by atoms with Crippen molar-refractivity contribution in [1.29, 1.82) is 0 Å². The van der Waals surface area contributed by atoms with Crippen LogP contribution in [0.1, 0.15) is 107 Å². The number of rotatable bonds is 8. The summed E-state index contributed by atoms with van der Waals surface area (Å²) in [6, 6.07) is 31.8. The summed E-state index contributed by atoms with van der Waals surface area (Å²) in [5.41, 5.74) is 13.7. The van der Waals surface area contributed by atoms with E-state index in [9.17, 15) is 0 Å². The normalized spacial score (nSPS) is 13.8. The molecule has 4 heteroatoms. The van der Waals surface area contributed by atoms with Crippen molar-refractivity contribution in [3.63, 3.8) is 0 Å². The molecular weight excluding hydrogens is 599 g/mol. The van der Waals surface area contributed by atoms with E-state index in [2.05, 4.69) is 178 Å². The molecule has 0 spiro atoms. The van der Waals surface area contributed by atoms with E-state index in [-0.39, 0.29) is 0 Å². The molecule has 0 atom stereocenters. The number of nitrogens with zero attached hydrogens (tertiary/aromatic N) is 2. The van der Waals surface area contributed by atoms with Crippen molar-refractivity contribution in [2.75, 3.05) is 0 Å². The van der Waals surface area contributed by atoms with Gasteiger partial charge in [-0.25, -0.2) is 9.13 Å². The van der Waals surface area contributed by atoms with Gasteiger partial charge in [-0.15, -0.1) is 0 Å². The molecule has 4 aromatic carbocycles. The maximum Gasteiger partial charge on any atom is 0.232 e. The summed E-state index contributed by atoms with van der Waals surface area (Å²) in [6.07, 6.45) is 5.53. The summed E-state index contributed by atoms with van der Waals surface area (Å²) in [5.74, 6) is 2.91. The zero-order valence-electron chi connectivity index (χ0n) is 27.6. The van der Waals surface area contributed by atoms with Crippen LogP contribution < -0.4 is 15.5 Å². The first-order valence-corrected chi connectivity index (χ1v) is 17.4. The largest absolute Gasteiger partial charge is 0.343 e. The highest BCUT2D eigenvalue weighted by Crippen LogP contribution is 2.37. The highest BCUT2D eigenvalue weighted by Gasteiger charge is 2.39. The van der Waals surface area contributed by atoms with Crippen LogP contribution in [0.3, 0.4) is 0 Å². The minimum absolute atomic E-state index is 0.401. The second-order valence-electron chi connectivity index (χ2n) is 13.9. The smallest absolute Gasteiger partial charge is 0.232 e. The molecule has 2 nitrogen and oxygen atoms in total.